The summed E-state index contributed by atoms with van der Waals surface area (Å²) in [5.74, 6) is 0.815. The van der Waals surface area contributed by atoms with E-state index in [1.807, 2.05) is 57.2 Å². The first kappa shape index (κ1) is 19.6. The van der Waals surface area contributed by atoms with Crippen LogP contribution in [0.1, 0.15) is 37.5 Å². The van der Waals surface area contributed by atoms with E-state index in [0.29, 0.717) is 24.7 Å². The summed E-state index contributed by atoms with van der Waals surface area (Å²) >= 11 is 6.48. The minimum atomic E-state index is -0.492. The molecule has 2 aromatic carbocycles. The predicted molar refractivity (Wildman–Crippen MR) is 107 cm³/mol. The molecule has 144 valence electrons. The molecule has 0 radical (unpaired) electrons. The normalized spacial score (nSPS) is 14.3. The second-order valence-electron chi connectivity index (χ2n) is 7.73. The molecular weight excluding hydrogens is 362 g/mol. The Morgan fingerprint density at radius 3 is 2.48 bits per heavy atom. The number of hydrogen-bond donors (Lipinski definition) is 0. The second kappa shape index (κ2) is 8.22. The van der Waals surface area contributed by atoms with Crippen molar-refractivity contribution in [2.45, 2.75) is 45.8 Å². The van der Waals surface area contributed by atoms with Crippen molar-refractivity contribution in [3.05, 3.63) is 64.2 Å². The lowest BCUT2D eigenvalue weighted by atomic mass is 9.97. The Balaban J connectivity index is 1.75. The highest BCUT2D eigenvalue weighted by molar-refractivity contribution is 6.31. The van der Waals surface area contributed by atoms with Gasteiger partial charge in [0.05, 0.1) is 0 Å². The zero-order valence-electron chi connectivity index (χ0n) is 16.1. The SMILES string of the molecule is CC(C)(C)OC(=O)N1CCc2ccc(Cl)c(COc3ccccc3)c2CC1. The van der Waals surface area contributed by atoms with Gasteiger partial charge in [-0.2, -0.15) is 0 Å². The summed E-state index contributed by atoms with van der Waals surface area (Å²) < 4.78 is 11.5. The van der Waals surface area contributed by atoms with Crippen LogP contribution in [0.25, 0.3) is 0 Å². The van der Waals surface area contributed by atoms with Crippen LogP contribution in [0.5, 0.6) is 5.75 Å². The van der Waals surface area contributed by atoms with Gasteiger partial charge in [0.2, 0.25) is 0 Å². The number of amides is 1. The van der Waals surface area contributed by atoms with Gasteiger partial charge < -0.3 is 14.4 Å². The van der Waals surface area contributed by atoms with Crippen LogP contribution in [-0.2, 0) is 24.2 Å². The van der Waals surface area contributed by atoms with Crippen molar-refractivity contribution in [3.8, 4) is 5.75 Å². The van der Waals surface area contributed by atoms with Gasteiger partial charge in [0.25, 0.3) is 0 Å². The first-order valence-corrected chi connectivity index (χ1v) is 9.66. The summed E-state index contributed by atoms with van der Waals surface area (Å²) in [4.78, 5) is 14.2. The lowest BCUT2D eigenvalue weighted by Gasteiger charge is -2.26. The average molecular weight is 388 g/mol. The quantitative estimate of drug-likeness (QED) is 0.721. The summed E-state index contributed by atoms with van der Waals surface area (Å²) in [5.41, 5.74) is 2.92. The molecule has 2 aromatic rings. The minimum absolute atomic E-state index is 0.261. The summed E-state index contributed by atoms with van der Waals surface area (Å²) in [6.45, 7) is 7.32. The Labute approximate surface area is 166 Å². The highest BCUT2D eigenvalue weighted by Gasteiger charge is 2.25. The monoisotopic (exact) mass is 387 g/mol. The molecule has 0 unspecified atom stereocenters. The molecule has 1 aliphatic heterocycles. The fraction of sp³-hybridized carbons (Fsp3) is 0.409. The molecule has 0 saturated heterocycles. The topological polar surface area (TPSA) is 38.8 Å². The van der Waals surface area contributed by atoms with E-state index < -0.39 is 5.60 Å². The van der Waals surface area contributed by atoms with Crippen molar-refractivity contribution in [1.29, 1.82) is 0 Å². The average Bonchev–Trinajstić information content (AvgIpc) is 2.83. The van der Waals surface area contributed by atoms with Gasteiger partial charge in [0, 0.05) is 23.7 Å². The van der Waals surface area contributed by atoms with Crippen molar-refractivity contribution < 1.29 is 14.3 Å². The molecule has 0 aliphatic carbocycles. The molecule has 1 heterocycles. The van der Waals surface area contributed by atoms with Gasteiger partial charge >= 0.3 is 6.09 Å². The maximum Gasteiger partial charge on any atom is 0.410 e. The van der Waals surface area contributed by atoms with E-state index in [1.54, 1.807) is 4.90 Å². The molecule has 3 rings (SSSR count). The highest BCUT2D eigenvalue weighted by atomic mass is 35.5. The highest BCUT2D eigenvalue weighted by Crippen LogP contribution is 2.28. The van der Waals surface area contributed by atoms with Crippen molar-refractivity contribution >= 4 is 17.7 Å². The number of halogens is 1. The van der Waals surface area contributed by atoms with Gasteiger partial charge in [0.1, 0.15) is 18.0 Å². The molecule has 1 aliphatic rings. The first-order valence-electron chi connectivity index (χ1n) is 9.28. The van der Waals surface area contributed by atoms with Crippen LogP contribution < -0.4 is 4.74 Å². The Morgan fingerprint density at radius 2 is 1.78 bits per heavy atom. The molecule has 0 aromatic heterocycles. The van der Waals surface area contributed by atoms with Gasteiger partial charge in [0.15, 0.2) is 0 Å². The van der Waals surface area contributed by atoms with E-state index in [-0.39, 0.29) is 6.09 Å². The molecule has 0 atom stereocenters. The zero-order chi connectivity index (χ0) is 19.4. The van der Waals surface area contributed by atoms with E-state index in [0.717, 1.165) is 24.2 Å². The molecule has 1 amide bonds. The van der Waals surface area contributed by atoms with E-state index in [4.69, 9.17) is 21.1 Å². The largest absolute Gasteiger partial charge is 0.489 e. The van der Waals surface area contributed by atoms with Crippen LogP contribution in [0.2, 0.25) is 5.02 Å². The zero-order valence-corrected chi connectivity index (χ0v) is 16.9. The molecule has 5 heteroatoms. The van der Waals surface area contributed by atoms with E-state index in [1.165, 1.54) is 11.1 Å². The number of ether oxygens (including phenoxy) is 2. The number of rotatable bonds is 3. The fourth-order valence-corrected chi connectivity index (χ4v) is 3.44. The van der Waals surface area contributed by atoms with E-state index in [9.17, 15) is 4.79 Å². The second-order valence-corrected chi connectivity index (χ2v) is 8.14. The minimum Gasteiger partial charge on any atom is -0.489 e. The molecule has 4 nitrogen and oxygen atoms in total. The summed E-state index contributed by atoms with van der Waals surface area (Å²) in [5, 5.41) is 0.704. The van der Waals surface area contributed by atoms with Crippen molar-refractivity contribution in [3.63, 3.8) is 0 Å². The molecule has 0 spiro atoms. The Hall–Kier alpha value is -2.20. The predicted octanol–water partition coefficient (Wildman–Crippen LogP) is 5.25. The van der Waals surface area contributed by atoms with Crippen LogP contribution in [0, 0.1) is 0 Å². The van der Waals surface area contributed by atoms with Crippen LogP contribution >= 0.6 is 11.6 Å². The van der Waals surface area contributed by atoms with Crippen molar-refractivity contribution in [1.82, 2.24) is 4.90 Å². The molecule has 0 N–H and O–H groups in total. The Morgan fingerprint density at radius 1 is 1.07 bits per heavy atom. The summed E-state index contributed by atoms with van der Waals surface area (Å²) in [7, 11) is 0. The van der Waals surface area contributed by atoms with Crippen molar-refractivity contribution in [2.75, 3.05) is 13.1 Å². The molecule has 0 fully saturated rings. The Bertz CT molecular complexity index is 799. The van der Waals surface area contributed by atoms with Crippen LogP contribution in [0.4, 0.5) is 4.79 Å². The third kappa shape index (κ3) is 5.16. The maximum atomic E-state index is 12.4. The van der Waals surface area contributed by atoms with Crippen LogP contribution in [0.3, 0.4) is 0 Å². The molecule has 0 bridgehead atoms. The van der Waals surface area contributed by atoms with Crippen molar-refractivity contribution in [2.24, 2.45) is 0 Å². The third-order valence-electron chi connectivity index (χ3n) is 4.53. The fourth-order valence-electron chi connectivity index (χ4n) is 3.21. The number of nitrogens with zero attached hydrogens (tertiary/aromatic N) is 1. The summed E-state index contributed by atoms with van der Waals surface area (Å²) in [6.07, 6.45) is 1.26. The number of hydrogen-bond acceptors (Lipinski definition) is 3. The molecular formula is C22H26ClNO3. The van der Waals surface area contributed by atoms with Crippen LogP contribution in [-0.4, -0.2) is 29.7 Å². The van der Waals surface area contributed by atoms with E-state index >= 15 is 0 Å². The standard InChI is InChI=1S/C22H26ClNO3/c1-22(2,3)27-21(25)24-13-11-16-9-10-20(23)19(18(16)12-14-24)15-26-17-7-5-4-6-8-17/h4-10H,11-15H2,1-3H3. The Kier molecular flexibility index (Phi) is 5.95. The number of benzene rings is 2. The van der Waals surface area contributed by atoms with Gasteiger partial charge in [-0.15, -0.1) is 0 Å². The summed E-state index contributed by atoms with van der Waals surface area (Å²) in [6, 6.07) is 13.7. The number of para-hydroxylation sites is 1. The number of carbonyl (C=O) groups excluding carboxylic acids is 1. The smallest absolute Gasteiger partial charge is 0.410 e. The first-order chi connectivity index (χ1) is 12.8. The maximum absolute atomic E-state index is 12.4. The van der Waals surface area contributed by atoms with Gasteiger partial charge in [-0.25, -0.2) is 4.79 Å². The molecule has 0 saturated carbocycles. The van der Waals surface area contributed by atoms with Gasteiger partial charge in [-0.05, 0) is 62.9 Å². The van der Waals surface area contributed by atoms with E-state index in [2.05, 4.69) is 6.07 Å². The lowest BCUT2D eigenvalue weighted by Crippen LogP contribution is -2.38. The molecule has 27 heavy (non-hydrogen) atoms. The van der Waals surface area contributed by atoms with Crippen LogP contribution in [0.15, 0.2) is 42.5 Å². The number of fused-ring (bicyclic) bond motifs is 1. The third-order valence-corrected chi connectivity index (χ3v) is 4.89. The lowest BCUT2D eigenvalue weighted by molar-refractivity contribution is 0.0258. The number of carbonyl (C=O) groups is 1. The van der Waals surface area contributed by atoms with Gasteiger partial charge in [-0.1, -0.05) is 35.9 Å². The van der Waals surface area contributed by atoms with Gasteiger partial charge in [-0.3, -0.25) is 0 Å².